The van der Waals surface area contributed by atoms with E-state index in [2.05, 4.69) is 11.6 Å². The number of aliphatic carboxylic acids is 1. The molecule has 7 nitrogen and oxygen atoms in total. The maximum Gasteiger partial charge on any atom is 0.307 e. The molecule has 1 aromatic carbocycles. The predicted octanol–water partition coefficient (Wildman–Crippen LogP) is 5.60. The summed E-state index contributed by atoms with van der Waals surface area (Å²) in [5.41, 5.74) is 2.14. The van der Waals surface area contributed by atoms with Gasteiger partial charge in [0.25, 0.3) is 10.0 Å². The summed E-state index contributed by atoms with van der Waals surface area (Å²) in [6.45, 7) is 4.08. The van der Waals surface area contributed by atoms with Gasteiger partial charge in [-0.3, -0.25) is 14.3 Å². The number of hydrogen-bond donors (Lipinski definition) is 2. The van der Waals surface area contributed by atoms with Gasteiger partial charge >= 0.3 is 5.97 Å². The number of Topliss-reactive ketones (excluding diaryl/α,β-unsaturated/α-hetero) is 1. The van der Waals surface area contributed by atoms with E-state index in [0.29, 0.717) is 30.7 Å². The topological polar surface area (TPSA) is 110 Å². The molecule has 0 heterocycles. The van der Waals surface area contributed by atoms with Gasteiger partial charge in [-0.1, -0.05) is 62.6 Å². The third kappa shape index (κ3) is 8.45. The second kappa shape index (κ2) is 13.4. The van der Waals surface area contributed by atoms with Gasteiger partial charge in [0.1, 0.15) is 17.6 Å². The predicted molar refractivity (Wildman–Crippen MR) is 143 cm³/mol. The summed E-state index contributed by atoms with van der Waals surface area (Å²) in [4.78, 5) is 23.9. The number of carboxylic acids is 1. The SMILES string of the molecule is CCCCCc1ccc(S(=O)(=O)NC2=C(OC3C=CC=C(CC(=O)O)C3)C=CC(C(=O)CCC)C2)cc1. The summed E-state index contributed by atoms with van der Waals surface area (Å²) in [5.74, 6) is -0.962. The van der Waals surface area contributed by atoms with E-state index in [1.807, 2.05) is 25.1 Å². The number of sulfonamides is 1. The molecule has 8 heteroatoms. The summed E-state index contributed by atoms with van der Waals surface area (Å²) >= 11 is 0. The van der Waals surface area contributed by atoms with Crippen molar-refractivity contribution in [2.75, 3.05) is 0 Å². The largest absolute Gasteiger partial charge is 0.484 e. The van der Waals surface area contributed by atoms with Crippen LogP contribution in [0.3, 0.4) is 0 Å². The molecule has 37 heavy (non-hydrogen) atoms. The molecular weight excluding hydrogens is 490 g/mol. The van der Waals surface area contributed by atoms with Crippen LogP contribution >= 0.6 is 0 Å². The number of carbonyl (C=O) groups excluding carboxylic acids is 1. The number of unbranched alkanes of at least 4 members (excludes halogenated alkanes) is 2. The van der Waals surface area contributed by atoms with E-state index in [0.717, 1.165) is 36.8 Å². The van der Waals surface area contributed by atoms with Crippen molar-refractivity contribution in [2.45, 2.75) is 82.6 Å². The Morgan fingerprint density at radius 3 is 2.49 bits per heavy atom. The minimum atomic E-state index is -3.90. The van der Waals surface area contributed by atoms with Crippen LogP contribution < -0.4 is 4.72 Å². The van der Waals surface area contributed by atoms with Crippen LogP contribution in [0, 0.1) is 5.92 Å². The zero-order chi connectivity index (χ0) is 26.8. The summed E-state index contributed by atoms with van der Waals surface area (Å²) < 4.78 is 35.4. The third-order valence-corrected chi connectivity index (χ3v) is 7.86. The summed E-state index contributed by atoms with van der Waals surface area (Å²) in [6.07, 6.45) is 14.1. The standard InChI is InChI=1S/C29H37NO6S/c1-3-5-6-9-21-12-15-25(16-13-21)37(34,35)30-26-20-23(27(31)8-4-2)14-17-28(26)36-24-11-7-10-22(18-24)19-29(32)33/h7,10-17,23-24,30H,3-6,8-9,18-20H2,1-2H3,(H,32,33). The lowest BCUT2D eigenvalue weighted by atomic mass is 9.91. The molecule has 0 saturated carbocycles. The molecule has 0 fully saturated rings. The molecular formula is C29H37NO6S. The highest BCUT2D eigenvalue weighted by atomic mass is 32.2. The number of rotatable bonds is 14. The number of carbonyl (C=O) groups is 2. The second-order valence-corrected chi connectivity index (χ2v) is 11.3. The zero-order valence-corrected chi connectivity index (χ0v) is 22.4. The molecule has 0 spiro atoms. The van der Waals surface area contributed by atoms with Crippen molar-refractivity contribution in [3.05, 3.63) is 77.2 Å². The molecule has 0 amide bonds. The average molecular weight is 528 g/mol. The summed E-state index contributed by atoms with van der Waals surface area (Å²) in [7, 11) is -3.90. The van der Waals surface area contributed by atoms with Crippen LogP contribution in [0.25, 0.3) is 0 Å². The van der Waals surface area contributed by atoms with E-state index in [9.17, 15) is 18.0 Å². The first-order chi connectivity index (χ1) is 17.7. The lowest BCUT2D eigenvalue weighted by Gasteiger charge is -2.26. The molecule has 0 aromatic heterocycles. The zero-order valence-electron chi connectivity index (χ0n) is 21.6. The number of carboxylic acid groups (broad SMARTS) is 1. The minimum Gasteiger partial charge on any atom is -0.484 e. The number of ether oxygens (including phenoxy) is 1. The average Bonchev–Trinajstić information content (AvgIpc) is 2.85. The first-order valence-corrected chi connectivity index (χ1v) is 14.5. The van der Waals surface area contributed by atoms with E-state index < -0.39 is 28.0 Å². The molecule has 2 unspecified atom stereocenters. The Balaban J connectivity index is 1.80. The van der Waals surface area contributed by atoms with Gasteiger partial charge in [-0.2, -0.15) is 0 Å². The van der Waals surface area contributed by atoms with E-state index in [1.54, 1.807) is 36.4 Å². The molecule has 0 radical (unpaired) electrons. The Morgan fingerprint density at radius 2 is 1.81 bits per heavy atom. The van der Waals surface area contributed by atoms with Gasteiger partial charge in [-0.25, -0.2) is 8.42 Å². The van der Waals surface area contributed by atoms with E-state index in [4.69, 9.17) is 9.84 Å². The molecule has 1 aromatic rings. The Morgan fingerprint density at radius 1 is 1.05 bits per heavy atom. The number of ketones is 1. The van der Waals surface area contributed by atoms with Crippen molar-refractivity contribution >= 4 is 21.8 Å². The molecule has 200 valence electrons. The van der Waals surface area contributed by atoms with E-state index >= 15 is 0 Å². The van der Waals surface area contributed by atoms with Gasteiger partial charge in [0.2, 0.25) is 0 Å². The van der Waals surface area contributed by atoms with Crippen LogP contribution in [-0.2, 0) is 30.8 Å². The minimum absolute atomic E-state index is 0.0511. The van der Waals surface area contributed by atoms with Crippen LogP contribution in [0.2, 0.25) is 0 Å². The lowest BCUT2D eigenvalue weighted by Crippen LogP contribution is -2.30. The van der Waals surface area contributed by atoms with Gasteiger partial charge in [0.05, 0.1) is 17.0 Å². The van der Waals surface area contributed by atoms with Gasteiger partial charge < -0.3 is 9.84 Å². The highest BCUT2D eigenvalue weighted by Crippen LogP contribution is 2.29. The van der Waals surface area contributed by atoms with Crippen LogP contribution in [0.1, 0.15) is 70.8 Å². The van der Waals surface area contributed by atoms with Crippen LogP contribution in [0.5, 0.6) is 0 Å². The number of allylic oxidation sites excluding steroid dienone is 5. The second-order valence-electron chi connectivity index (χ2n) is 9.58. The molecule has 2 atom stereocenters. The van der Waals surface area contributed by atoms with Crippen molar-refractivity contribution in [3.63, 3.8) is 0 Å². The van der Waals surface area contributed by atoms with Crippen molar-refractivity contribution in [1.82, 2.24) is 4.72 Å². The van der Waals surface area contributed by atoms with Crippen LogP contribution in [-0.4, -0.2) is 31.4 Å². The molecule has 3 rings (SSSR count). The van der Waals surface area contributed by atoms with Gasteiger partial charge in [-0.05, 0) is 49.1 Å². The molecule has 0 aliphatic heterocycles. The van der Waals surface area contributed by atoms with Crippen molar-refractivity contribution in [1.29, 1.82) is 0 Å². The molecule has 2 aliphatic rings. The lowest BCUT2D eigenvalue weighted by molar-refractivity contribution is -0.136. The monoisotopic (exact) mass is 527 g/mol. The van der Waals surface area contributed by atoms with Crippen molar-refractivity contribution in [3.8, 4) is 0 Å². The van der Waals surface area contributed by atoms with Gasteiger partial charge in [-0.15, -0.1) is 0 Å². The Labute approximate surface area is 220 Å². The fourth-order valence-corrected chi connectivity index (χ4v) is 5.58. The fraction of sp³-hybridized carbons (Fsp3) is 0.448. The fourth-order valence-electron chi connectivity index (χ4n) is 4.46. The first-order valence-electron chi connectivity index (χ1n) is 13.0. The van der Waals surface area contributed by atoms with Crippen LogP contribution in [0.4, 0.5) is 0 Å². The number of nitrogens with one attached hydrogen (secondary N) is 1. The molecule has 2 N–H and O–H groups in total. The molecule has 0 saturated heterocycles. The highest BCUT2D eigenvalue weighted by Gasteiger charge is 2.28. The molecule has 2 aliphatic carbocycles. The highest BCUT2D eigenvalue weighted by molar-refractivity contribution is 7.89. The Kier molecular flexibility index (Phi) is 10.3. The normalized spacial score (nSPS) is 19.5. The van der Waals surface area contributed by atoms with Crippen molar-refractivity contribution < 1.29 is 27.9 Å². The third-order valence-electron chi connectivity index (χ3n) is 6.45. The number of hydrogen-bond acceptors (Lipinski definition) is 5. The first kappa shape index (κ1) is 28.4. The summed E-state index contributed by atoms with van der Waals surface area (Å²) in [6, 6.07) is 6.90. The van der Waals surface area contributed by atoms with E-state index in [1.165, 1.54) is 0 Å². The summed E-state index contributed by atoms with van der Waals surface area (Å²) in [5, 5.41) is 9.11. The maximum absolute atomic E-state index is 13.3. The van der Waals surface area contributed by atoms with Crippen LogP contribution in [0.15, 0.2) is 76.6 Å². The molecule has 0 bridgehead atoms. The van der Waals surface area contributed by atoms with Gasteiger partial charge in [0.15, 0.2) is 0 Å². The Hall–Kier alpha value is -3.13. The van der Waals surface area contributed by atoms with Gasteiger partial charge in [0, 0.05) is 25.2 Å². The Bertz CT molecular complexity index is 1190. The van der Waals surface area contributed by atoms with Crippen molar-refractivity contribution in [2.24, 2.45) is 5.92 Å². The smallest absolute Gasteiger partial charge is 0.307 e. The maximum atomic E-state index is 13.3. The quantitative estimate of drug-likeness (QED) is 0.305. The van der Waals surface area contributed by atoms with E-state index in [-0.39, 0.29) is 23.5 Å². The number of benzene rings is 1. The number of aryl methyl sites for hydroxylation is 1.